The molecule has 114 valence electrons. The number of nitrogens with zero attached hydrogens (tertiary/aromatic N) is 2. The Hall–Kier alpha value is -1.75. The van der Waals surface area contributed by atoms with Gasteiger partial charge in [0.1, 0.15) is 5.88 Å². The maximum Gasteiger partial charge on any atom is 0.257 e. The largest absolute Gasteiger partial charge is 0.493 e. The molecule has 0 atom stereocenters. The Morgan fingerprint density at radius 3 is 2.90 bits per heavy atom. The van der Waals surface area contributed by atoms with Crippen molar-refractivity contribution in [3.63, 3.8) is 0 Å². The highest BCUT2D eigenvalue weighted by atomic mass is 35.5. The summed E-state index contributed by atoms with van der Waals surface area (Å²) in [6.45, 7) is 3.10. The van der Waals surface area contributed by atoms with Crippen LogP contribution in [0.4, 0.5) is 0 Å². The van der Waals surface area contributed by atoms with Crippen LogP contribution in [0.25, 0.3) is 0 Å². The molecule has 0 fully saturated rings. The summed E-state index contributed by atoms with van der Waals surface area (Å²) in [5, 5.41) is 5.84. The van der Waals surface area contributed by atoms with Crippen molar-refractivity contribution < 1.29 is 14.3 Å². The maximum atomic E-state index is 11.7. The molecule has 2 rings (SSSR count). The van der Waals surface area contributed by atoms with Crippen molar-refractivity contribution >= 4 is 23.2 Å². The van der Waals surface area contributed by atoms with E-state index in [9.17, 15) is 4.79 Å². The van der Waals surface area contributed by atoms with Gasteiger partial charge >= 0.3 is 0 Å². The van der Waals surface area contributed by atoms with Crippen LogP contribution in [0.5, 0.6) is 11.5 Å². The normalized spacial score (nSPS) is 14.6. The van der Waals surface area contributed by atoms with Crippen LogP contribution in [0.3, 0.4) is 0 Å². The van der Waals surface area contributed by atoms with E-state index in [0.29, 0.717) is 24.7 Å². The van der Waals surface area contributed by atoms with Gasteiger partial charge < -0.3 is 9.47 Å². The molecule has 0 N–H and O–H groups in total. The van der Waals surface area contributed by atoms with Crippen LogP contribution in [-0.4, -0.2) is 42.8 Å². The fourth-order valence-corrected chi connectivity index (χ4v) is 2.36. The lowest BCUT2D eigenvalue weighted by Gasteiger charge is -2.23. The van der Waals surface area contributed by atoms with Gasteiger partial charge in [-0.25, -0.2) is 5.01 Å². The van der Waals surface area contributed by atoms with Crippen LogP contribution in [-0.2, 0) is 4.79 Å². The zero-order chi connectivity index (χ0) is 15.2. The number of benzene rings is 1. The van der Waals surface area contributed by atoms with E-state index in [1.54, 1.807) is 7.11 Å². The molecule has 1 aromatic rings. The van der Waals surface area contributed by atoms with Crippen LogP contribution in [0, 0.1) is 0 Å². The standard InChI is InChI=1S/C15H19ClN2O3/c1-3-21-14-9-11(6-7-13(14)20-2)12-5-4-8-18(17-12)15(19)10-16/h6-7,9H,3-5,8,10H2,1-2H3. The van der Waals surface area contributed by atoms with Gasteiger partial charge in [-0.3, -0.25) is 4.79 Å². The van der Waals surface area contributed by atoms with Gasteiger partial charge in [-0.15, -0.1) is 11.6 Å². The Balaban J connectivity index is 2.30. The van der Waals surface area contributed by atoms with Gasteiger partial charge in [0.15, 0.2) is 11.5 Å². The Bertz CT molecular complexity index is 546. The Labute approximate surface area is 129 Å². The van der Waals surface area contributed by atoms with Crippen LogP contribution in [0.2, 0.25) is 0 Å². The van der Waals surface area contributed by atoms with E-state index in [4.69, 9.17) is 21.1 Å². The van der Waals surface area contributed by atoms with E-state index in [-0.39, 0.29) is 11.8 Å². The van der Waals surface area contributed by atoms with Gasteiger partial charge in [0, 0.05) is 12.1 Å². The zero-order valence-corrected chi connectivity index (χ0v) is 13.0. The van der Waals surface area contributed by atoms with Gasteiger partial charge in [0.25, 0.3) is 5.91 Å². The lowest BCUT2D eigenvalue weighted by molar-refractivity contribution is -0.128. The van der Waals surface area contributed by atoms with Crippen molar-refractivity contribution in [2.45, 2.75) is 19.8 Å². The van der Waals surface area contributed by atoms with E-state index >= 15 is 0 Å². The molecule has 0 bridgehead atoms. The molecule has 1 aliphatic rings. The van der Waals surface area contributed by atoms with Crippen molar-refractivity contribution in [3.8, 4) is 11.5 Å². The minimum absolute atomic E-state index is 0.0520. The van der Waals surface area contributed by atoms with Gasteiger partial charge in [-0.05, 0) is 38.0 Å². The molecule has 0 radical (unpaired) electrons. The third kappa shape index (κ3) is 3.67. The first kappa shape index (κ1) is 15.6. The first-order valence-electron chi connectivity index (χ1n) is 6.94. The van der Waals surface area contributed by atoms with Crippen molar-refractivity contribution in [3.05, 3.63) is 23.8 Å². The molecule has 0 saturated carbocycles. The minimum atomic E-state index is -0.174. The second kappa shape index (κ2) is 7.31. The summed E-state index contributed by atoms with van der Waals surface area (Å²) in [5.74, 6) is 1.14. The third-order valence-electron chi connectivity index (χ3n) is 3.22. The van der Waals surface area contributed by atoms with Gasteiger partial charge in [-0.1, -0.05) is 0 Å². The predicted octanol–water partition coefficient (Wildman–Crippen LogP) is 2.66. The van der Waals surface area contributed by atoms with E-state index in [1.165, 1.54) is 5.01 Å². The number of rotatable bonds is 5. The molecule has 5 nitrogen and oxygen atoms in total. The maximum absolute atomic E-state index is 11.7. The second-order valence-corrected chi connectivity index (χ2v) is 4.87. The number of hydrogen-bond donors (Lipinski definition) is 0. The third-order valence-corrected chi connectivity index (χ3v) is 3.45. The predicted molar refractivity (Wildman–Crippen MR) is 82.4 cm³/mol. The summed E-state index contributed by atoms with van der Waals surface area (Å²) in [4.78, 5) is 11.7. The van der Waals surface area contributed by atoms with Gasteiger partial charge in [-0.2, -0.15) is 5.10 Å². The molecule has 0 aromatic heterocycles. The average Bonchev–Trinajstić information content (AvgIpc) is 2.54. The van der Waals surface area contributed by atoms with E-state index in [2.05, 4.69) is 5.10 Å². The first-order valence-corrected chi connectivity index (χ1v) is 7.48. The van der Waals surface area contributed by atoms with Crippen molar-refractivity contribution in [2.24, 2.45) is 5.10 Å². The second-order valence-electron chi connectivity index (χ2n) is 4.60. The summed E-state index contributed by atoms with van der Waals surface area (Å²) < 4.78 is 10.8. The number of ether oxygens (including phenoxy) is 2. The lowest BCUT2D eigenvalue weighted by Crippen LogP contribution is -2.32. The Kier molecular flexibility index (Phi) is 5.44. The number of hydrogen-bond acceptors (Lipinski definition) is 4. The number of carbonyl (C=O) groups is 1. The molecule has 0 spiro atoms. The molecular weight excluding hydrogens is 292 g/mol. The molecule has 0 saturated heterocycles. The smallest absolute Gasteiger partial charge is 0.257 e. The Morgan fingerprint density at radius 2 is 2.24 bits per heavy atom. The van der Waals surface area contributed by atoms with Crippen molar-refractivity contribution in [2.75, 3.05) is 26.1 Å². The molecule has 1 amide bonds. The number of amides is 1. The summed E-state index contributed by atoms with van der Waals surface area (Å²) in [6.07, 6.45) is 1.70. The average molecular weight is 311 g/mol. The lowest BCUT2D eigenvalue weighted by atomic mass is 10.0. The van der Waals surface area contributed by atoms with Crippen LogP contribution in [0.15, 0.2) is 23.3 Å². The molecule has 0 aliphatic carbocycles. The number of halogens is 1. The van der Waals surface area contributed by atoms with Crippen molar-refractivity contribution in [1.82, 2.24) is 5.01 Å². The summed E-state index contributed by atoms with van der Waals surface area (Å²) in [7, 11) is 1.61. The van der Waals surface area contributed by atoms with E-state index in [0.717, 1.165) is 24.1 Å². The highest BCUT2D eigenvalue weighted by Crippen LogP contribution is 2.29. The minimum Gasteiger partial charge on any atom is -0.493 e. The van der Waals surface area contributed by atoms with Crippen LogP contribution < -0.4 is 9.47 Å². The summed E-state index contributed by atoms with van der Waals surface area (Å²) in [5.41, 5.74) is 1.80. The first-order chi connectivity index (χ1) is 10.2. The van der Waals surface area contributed by atoms with Crippen molar-refractivity contribution in [1.29, 1.82) is 0 Å². The number of alkyl halides is 1. The van der Waals surface area contributed by atoms with E-state index < -0.39 is 0 Å². The molecule has 0 unspecified atom stereocenters. The van der Waals surface area contributed by atoms with E-state index in [1.807, 2.05) is 25.1 Å². The monoisotopic (exact) mass is 310 g/mol. The number of methoxy groups -OCH3 is 1. The molecule has 21 heavy (non-hydrogen) atoms. The topological polar surface area (TPSA) is 51.1 Å². The number of hydrazone groups is 1. The summed E-state index contributed by atoms with van der Waals surface area (Å²) in [6, 6.07) is 5.68. The number of carbonyl (C=O) groups excluding carboxylic acids is 1. The zero-order valence-electron chi connectivity index (χ0n) is 12.3. The quantitative estimate of drug-likeness (QED) is 0.786. The molecule has 1 aliphatic heterocycles. The highest BCUT2D eigenvalue weighted by molar-refractivity contribution is 6.27. The Morgan fingerprint density at radius 1 is 1.43 bits per heavy atom. The van der Waals surface area contributed by atoms with Crippen LogP contribution >= 0.6 is 11.6 Å². The fraction of sp³-hybridized carbons (Fsp3) is 0.467. The molecule has 1 heterocycles. The molecule has 6 heteroatoms. The SMILES string of the molecule is CCOc1cc(C2=NN(C(=O)CCl)CCC2)ccc1OC. The molecule has 1 aromatic carbocycles. The fourth-order valence-electron chi connectivity index (χ4n) is 2.22. The summed E-state index contributed by atoms with van der Waals surface area (Å²) >= 11 is 5.59. The van der Waals surface area contributed by atoms with Gasteiger partial charge in [0.2, 0.25) is 0 Å². The van der Waals surface area contributed by atoms with Crippen LogP contribution in [0.1, 0.15) is 25.3 Å². The van der Waals surface area contributed by atoms with Gasteiger partial charge in [0.05, 0.1) is 19.4 Å². The highest BCUT2D eigenvalue weighted by Gasteiger charge is 2.19. The molecular formula is C15H19ClN2O3.